The monoisotopic (exact) mass is 254 g/mol. The van der Waals surface area contributed by atoms with Gasteiger partial charge in [0.05, 0.1) is 17.4 Å². The fourth-order valence-corrected chi connectivity index (χ4v) is 2.34. The van der Waals surface area contributed by atoms with Crippen LogP contribution in [0.4, 0.5) is 0 Å². The maximum atomic E-state index is 4.73. The van der Waals surface area contributed by atoms with Crippen molar-refractivity contribution < 1.29 is 0 Å². The molecule has 4 heteroatoms. The van der Waals surface area contributed by atoms with Gasteiger partial charge in [-0.15, -0.1) is 0 Å². The molecule has 19 heavy (non-hydrogen) atoms. The van der Waals surface area contributed by atoms with E-state index in [2.05, 4.69) is 47.9 Å². The van der Waals surface area contributed by atoms with Gasteiger partial charge in [0.1, 0.15) is 5.82 Å². The van der Waals surface area contributed by atoms with Crippen molar-refractivity contribution in [3.8, 4) is 11.4 Å². The topological polar surface area (TPSA) is 35.6 Å². The van der Waals surface area contributed by atoms with Crippen LogP contribution in [-0.4, -0.2) is 19.3 Å². The Morgan fingerprint density at radius 1 is 1.16 bits per heavy atom. The lowest BCUT2D eigenvalue weighted by atomic mass is 10.1. The minimum atomic E-state index is 0.446. The van der Waals surface area contributed by atoms with Crippen molar-refractivity contribution in [3.63, 3.8) is 0 Å². The van der Waals surface area contributed by atoms with Crippen molar-refractivity contribution in [2.75, 3.05) is 0 Å². The zero-order valence-corrected chi connectivity index (χ0v) is 11.8. The third-order valence-corrected chi connectivity index (χ3v) is 3.49. The summed E-state index contributed by atoms with van der Waals surface area (Å²) in [7, 11) is 4.00. The molecule has 3 rings (SSSR count). The van der Waals surface area contributed by atoms with Crippen molar-refractivity contribution >= 4 is 10.9 Å². The number of aromatic nitrogens is 4. The lowest BCUT2D eigenvalue weighted by Crippen LogP contribution is -1.92. The van der Waals surface area contributed by atoms with Crippen LogP contribution in [0.3, 0.4) is 0 Å². The van der Waals surface area contributed by atoms with Gasteiger partial charge in [-0.2, -0.15) is 5.10 Å². The van der Waals surface area contributed by atoms with Crippen molar-refractivity contribution in [2.45, 2.75) is 19.8 Å². The zero-order chi connectivity index (χ0) is 13.6. The molecule has 0 radical (unpaired) electrons. The van der Waals surface area contributed by atoms with Crippen LogP contribution >= 0.6 is 0 Å². The molecule has 0 N–H and O–H groups in total. The standard InChI is InChI=1S/C15H18N4/c1-10(2)13-9-18(3)15(17-13)11-5-6-14-12(7-11)8-16-19(14)4/h5-10H,1-4H3. The summed E-state index contributed by atoms with van der Waals surface area (Å²) in [4.78, 5) is 4.73. The van der Waals surface area contributed by atoms with Gasteiger partial charge in [0.15, 0.2) is 0 Å². The SMILES string of the molecule is CC(C)c1cn(C)c(-c2ccc3c(cnn3C)c2)n1. The predicted molar refractivity (Wildman–Crippen MR) is 77.0 cm³/mol. The van der Waals surface area contributed by atoms with E-state index in [4.69, 9.17) is 4.98 Å². The largest absolute Gasteiger partial charge is 0.334 e. The number of fused-ring (bicyclic) bond motifs is 1. The lowest BCUT2D eigenvalue weighted by molar-refractivity contribution is 0.797. The first kappa shape index (κ1) is 12.0. The van der Waals surface area contributed by atoms with E-state index in [1.165, 1.54) is 0 Å². The first-order valence-electron chi connectivity index (χ1n) is 6.51. The van der Waals surface area contributed by atoms with Crippen LogP contribution in [0.1, 0.15) is 25.5 Å². The number of rotatable bonds is 2. The Kier molecular flexibility index (Phi) is 2.66. The summed E-state index contributed by atoms with van der Waals surface area (Å²) in [5.41, 5.74) is 3.40. The van der Waals surface area contributed by atoms with Crippen LogP contribution in [0.25, 0.3) is 22.3 Å². The average molecular weight is 254 g/mol. The van der Waals surface area contributed by atoms with E-state index < -0.39 is 0 Å². The molecule has 0 saturated carbocycles. The van der Waals surface area contributed by atoms with Crippen LogP contribution in [0.2, 0.25) is 0 Å². The van der Waals surface area contributed by atoms with Gasteiger partial charge in [0, 0.05) is 31.2 Å². The molecule has 0 spiro atoms. The van der Waals surface area contributed by atoms with Crippen LogP contribution in [0.5, 0.6) is 0 Å². The minimum Gasteiger partial charge on any atom is -0.334 e. The number of nitrogens with zero attached hydrogens (tertiary/aromatic N) is 4. The highest BCUT2D eigenvalue weighted by molar-refractivity contribution is 5.83. The summed E-state index contributed by atoms with van der Waals surface area (Å²) in [6.45, 7) is 4.33. The Labute approximate surface area is 112 Å². The van der Waals surface area contributed by atoms with E-state index >= 15 is 0 Å². The first-order valence-corrected chi connectivity index (χ1v) is 6.51. The Bertz CT molecular complexity index is 734. The number of hydrogen-bond donors (Lipinski definition) is 0. The Morgan fingerprint density at radius 3 is 2.63 bits per heavy atom. The molecule has 2 heterocycles. The molecule has 0 unspecified atom stereocenters. The predicted octanol–water partition coefficient (Wildman–Crippen LogP) is 3.10. The molecule has 2 aromatic heterocycles. The summed E-state index contributed by atoms with van der Waals surface area (Å²) in [6.07, 6.45) is 4.00. The number of aryl methyl sites for hydroxylation is 2. The van der Waals surface area contributed by atoms with E-state index in [0.29, 0.717) is 5.92 Å². The first-order chi connectivity index (χ1) is 9.06. The Morgan fingerprint density at radius 2 is 1.95 bits per heavy atom. The van der Waals surface area contributed by atoms with Crippen LogP contribution < -0.4 is 0 Å². The molecule has 3 aromatic rings. The molecular weight excluding hydrogens is 236 g/mol. The van der Waals surface area contributed by atoms with Gasteiger partial charge in [-0.3, -0.25) is 4.68 Å². The second kappa shape index (κ2) is 4.23. The van der Waals surface area contributed by atoms with Crippen molar-refractivity contribution in [1.29, 1.82) is 0 Å². The minimum absolute atomic E-state index is 0.446. The van der Waals surface area contributed by atoms with Gasteiger partial charge in [-0.1, -0.05) is 13.8 Å². The summed E-state index contributed by atoms with van der Waals surface area (Å²) >= 11 is 0. The zero-order valence-electron chi connectivity index (χ0n) is 11.8. The van der Waals surface area contributed by atoms with Gasteiger partial charge in [-0.05, 0) is 24.1 Å². The molecule has 0 fully saturated rings. The quantitative estimate of drug-likeness (QED) is 0.704. The van der Waals surface area contributed by atoms with Crippen molar-refractivity contribution in [1.82, 2.24) is 19.3 Å². The summed E-state index contributed by atoms with van der Waals surface area (Å²) in [5, 5.41) is 5.42. The highest BCUT2D eigenvalue weighted by Crippen LogP contribution is 2.25. The van der Waals surface area contributed by atoms with Crippen molar-refractivity contribution in [2.24, 2.45) is 14.1 Å². The fraction of sp³-hybridized carbons (Fsp3) is 0.333. The average Bonchev–Trinajstić information content (AvgIpc) is 2.93. The number of imidazole rings is 1. The van der Waals surface area contributed by atoms with Gasteiger partial charge in [-0.25, -0.2) is 4.98 Å². The van der Waals surface area contributed by atoms with E-state index in [9.17, 15) is 0 Å². The van der Waals surface area contributed by atoms with Gasteiger partial charge in [0.2, 0.25) is 0 Å². The van der Waals surface area contributed by atoms with Gasteiger partial charge < -0.3 is 4.57 Å². The summed E-state index contributed by atoms with van der Waals surface area (Å²) in [6, 6.07) is 6.35. The summed E-state index contributed by atoms with van der Waals surface area (Å²) in [5.74, 6) is 1.46. The maximum Gasteiger partial charge on any atom is 0.139 e. The third-order valence-electron chi connectivity index (χ3n) is 3.49. The lowest BCUT2D eigenvalue weighted by Gasteiger charge is -2.02. The molecule has 0 bridgehead atoms. The fourth-order valence-electron chi connectivity index (χ4n) is 2.34. The van der Waals surface area contributed by atoms with Crippen LogP contribution in [-0.2, 0) is 14.1 Å². The maximum absolute atomic E-state index is 4.73. The molecule has 0 aliphatic carbocycles. The Balaban J connectivity index is 2.13. The third kappa shape index (κ3) is 1.93. The van der Waals surface area contributed by atoms with E-state index in [1.807, 2.05) is 25.0 Å². The van der Waals surface area contributed by atoms with E-state index in [0.717, 1.165) is 28.0 Å². The number of hydrogen-bond acceptors (Lipinski definition) is 2. The second-order valence-corrected chi connectivity index (χ2v) is 5.30. The van der Waals surface area contributed by atoms with Crippen molar-refractivity contribution in [3.05, 3.63) is 36.3 Å². The van der Waals surface area contributed by atoms with E-state index in [-0.39, 0.29) is 0 Å². The molecule has 1 aromatic carbocycles. The number of benzene rings is 1. The highest BCUT2D eigenvalue weighted by atomic mass is 15.2. The van der Waals surface area contributed by atoms with Gasteiger partial charge in [0.25, 0.3) is 0 Å². The smallest absolute Gasteiger partial charge is 0.139 e. The molecule has 0 amide bonds. The van der Waals surface area contributed by atoms with Crippen LogP contribution in [0, 0.1) is 0 Å². The van der Waals surface area contributed by atoms with E-state index in [1.54, 1.807) is 0 Å². The molecule has 4 nitrogen and oxygen atoms in total. The highest BCUT2D eigenvalue weighted by Gasteiger charge is 2.11. The molecule has 0 aliphatic heterocycles. The molecular formula is C15H18N4. The molecule has 98 valence electrons. The molecule has 0 aliphatic rings. The normalized spacial score (nSPS) is 11.6. The molecule has 0 saturated heterocycles. The van der Waals surface area contributed by atoms with Gasteiger partial charge >= 0.3 is 0 Å². The second-order valence-electron chi connectivity index (χ2n) is 5.30. The molecule has 0 atom stereocenters. The summed E-state index contributed by atoms with van der Waals surface area (Å²) < 4.78 is 3.98. The Hall–Kier alpha value is -2.10. The van der Waals surface area contributed by atoms with Crippen LogP contribution in [0.15, 0.2) is 30.6 Å².